The Hall–Kier alpha value is -2.87. The van der Waals surface area contributed by atoms with E-state index in [1.165, 1.54) is 11.1 Å². The standard InChI is InChI=1S/C22H20O2/c23-22(20-14-8-3-9-15-20)24-17-16-21(18-10-4-1-5-11-18)19-12-6-2-7-13-19/h1-15,21H,16-17H2. The minimum absolute atomic E-state index is 0.218. The Labute approximate surface area is 142 Å². The average molecular weight is 316 g/mol. The zero-order valence-corrected chi connectivity index (χ0v) is 13.5. The highest BCUT2D eigenvalue weighted by molar-refractivity contribution is 5.89. The maximum atomic E-state index is 12.1. The van der Waals surface area contributed by atoms with Crippen LogP contribution in [-0.2, 0) is 4.74 Å². The van der Waals surface area contributed by atoms with Crippen molar-refractivity contribution in [2.75, 3.05) is 6.61 Å². The van der Waals surface area contributed by atoms with Crippen molar-refractivity contribution in [1.29, 1.82) is 0 Å². The first kappa shape index (κ1) is 16.0. The minimum atomic E-state index is -0.268. The van der Waals surface area contributed by atoms with Gasteiger partial charge < -0.3 is 4.74 Å². The van der Waals surface area contributed by atoms with E-state index in [1.807, 2.05) is 54.6 Å². The van der Waals surface area contributed by atoms with Crippen LogP contribution in [0.1, 0.15) is 33.8 Å². The summed E-state index contributed by atoms with van der Waals surface area (Å²) in [6.07, 6.45) is 0.757. The fourth-order valence-electron chi connectivity index (χ4n) is 2.82. The lowest BCUT2D eigenvalue weighted by Gasteiger charge is -2.18. The van der Waals surface area contributed by atoms with E-state index in [-0.39, 0.29) is 11.9 Å². The molecule has 0 aliphatic carbocycles. The molecule has 0 unspecified atom stereocenters. The van der Waals surface area contributed by atoms with Crippen LogP contribution in [0, 0.1) is 0 Å². The summed E-state index contributed by atoms with van der Waals surface area (Å²) >= 11 is 0. The van der Waals surface area contributed by atoms with Crippen LogP contribution >= 0.6 is 0 Å². The molecular formula is C22H20O2. The lowest BCUT2D eigenvalue weighted by molar-refractivity contribution is 0.0496. The van der Waals surface area contributed by atoms with E-state index in [0.717, 1.165) is 6.42 Å². The van der Waals surface area contributed by atoms with Crippen LogP contribution < -0.4 is 0 Å². The Morgan fingerprint density at radius 2 is 1.17 bits per heavy atom. The van der Waals surface area contributed by atoms with Crippen molar-refractivity contribution >= 4 is 5.97 Å². The third-order valence-electron chi connectivity index (χ3n) is 4.05. The van der Waals surface area contributed by atoms with Gasteiger partial charge in [-0.3, -0.25) is 0 Å². The predicted molar refractivity (Wildman–Crippen MR) is 96.1 cm³/mol. The fourth-order valence-corrected chi connectivity index (χ4v) is 2.82. The van der Waals surface area contributed by atoms with Crippen LogP contribution in [0.15, 0.2) is 91.0 Å². The Balaban J connectivity index is 1.68. The number of carbonyl (C=O) groups excluding carboxylic acids is 1. The van der Waals surface area contributed by atoms with Gasteiger partial charge in [0.05, 0.1) is 12.2 Å². The van der Waals surface area contributed by atoms with E-state index in [4.69, 9.17) is 4.74 Å². The predicted octanol–water partition coefficient (Wildman–Crippen LogP) is 5.07. The molecule has 0 heterocycles. The third-order valence-corrected chi connectivity index (χ3v) is 4.05. The number of esters is 1. The lowest BCUT2D eigenvalue weighted by Crippen LogP contribution is -2.10. The van der Waals surface area contributed by atoms with Crippen molar-refractivity contribution in [1.82, 2.24) is 0 Å². The second-order valence-electron chi connectivity index (χ2n) is 5.66. The van der Waals surface area contributed by atoms with Crippen molar-refractivity contribution in [3.8, 4) is 0 Å². The van der Waals surface area contributed by atoms with Crippen LogP contribution in [0.5, 0.6) is 0 Å². The number of rotatable bonds is 6. The van der Waals surface area contributed by atoms with Crippen LogP contribution in [0.3, 0.4) is 0 Å². The summed E-state index contributed by atoms with van der Waals surface area (Å²) < 4.78 is 5.46. The number of hydrogen-bond acceptors (Lipinski definition) is 2. The molecule has 0 fully saturated rings. The van der Waals surface area contributed by atoms with E-state index < -0.39 is 0 Å². The second kappa shape index (κ2) is 8.11. The molecule has 0 amide bonds. The quantitative estimate of drug-likeness (QED) is 0.594. The summed E-state index contributed by atoms with van der Waals surface area (Å²) in [6.45, 7) is 0.391. The van der Waals surface area contributed by atoms with Crippen LogP contribution in [0.4, 0.5) is 0 Å². The molecule has 0 N–H and O–H groups in total. The van der Waals surface area contributed by atoms with Gasteiger partial charge in [-0.05, 0) is 29.7 Å². The molecule has 0 aliphatic heterocycles. The molecule has 0 spiro atoms. The van der Waals surface area contributed by atoms with Crippen molar-refractivity contribution in [2.45, 2.75) is 12.3 Å². The first-order valence-electron chi connectivity index (χ1n) is 8.16. The van der Waals surface area contributed by atoms with Gasteiger partial charge >= 0.3 is 5.97 Å². The summed E-state index contributed by atoms with van der Waals surface area (Å²) in [7, 11) is 0. The fraction of sp³-hybridized carbons (Fsp3) is 0.136. The zero-order valence-electron chi connectivity index (χ0n) is 13.5. The first-order valence-corrected chi connectivity index (χ1v) is 8.16. The number of carbonyl (C=O) groups is 1. The molecule has 3 aromatic rings. The Morgan fingerprint density at radius 3 is 1.67 bits per heavy atom. The van der Waals surface area contributed by atoms with Crippen molar-refractivity contribution in [3.05, 3.63) is 108 Å². The second-order valence-corrected chi connectivity index (χ2v) is 5.66. The van der Waals surface area contributed by atoms with Gasteiger partial charge in [0.25, 0.3) is 0 Å². The molecule has 120 valence electrons. The van der Waals surface area contributed by atoms with Crippen molar-refractivity contribution in [2.24, 2.45) is 0 Å². The highest BCUT2D eigenvalue weighted by Gasteiger charge is 2.15. The number of hydrogen-bond donors (Lipinski definition) is 0. The lowest BCUT2D eigenvalue weighted by atomic mass is 9.89. The van der Waals surface area contributed by atoms with E-state index in [2.05, 4.69) is 24.3 Å². The monoisotopic (exact) mass is 316 g/mol. The topological polar surface area (TPSA) is 26.3 Å². The molecule has 24 heavy (non-hydrogen) atoms. The van der Waals surface area contributed by atoms with Gasteiger partial charge in [-0.1, -0.05) is 78.9 Å². The summed E-state index contributed by atoms with van der Waals surface area (Å²) in [5, 5.41) is 0. The molecule has 0 bridgehead atoms. The largest absolute Gasteiger partial charge is 0.462 e. The van der Waals surface area contributed by atoms with Gasteiger partial charge in [0.15, 0.2) is 0 Å². The molecule has 0 aliphatic rings. The zero-order chi connectivity index (χ0) is 16.6. The van der Waals surface area contributed by atoms with Gasteiger partial charge in [0.1, 0.15) is 0 Å². The van der Waals surface area contributed by atoms with Crippen LogP contribution in [-0.4, -0.2) is 12.6 Å². The summed E-state index contributed by atoms with van der Waals surface area (Å²) in [6, 6.07) is 29.8. The van der Waals surface area contributed by atoms with E-state index in [0.29, 0.717) is 12.2 Å². The molecule has 2 nitrogen and oxygen atoms in total. The SMILES string of the molecule is O=C(OCCC(c1ccccc1)c1ccccc1)c1ccccc1. The van der Waals surface area contributed by atoms with Gasteiger partial charge in [-0.25, -0.2) is 4.79 Å². The first-order chi connectivity index (χ1) is 11.8. The molecule has 0 atom stereocenters. The van der Waals surface area contributed by atoms with Gasteiger partial charge in [0, 0.05) is 5.92 Å². The smallest absolute Gasteiger partial charge is 0.338 e. The summed E-state index contributed by atoms with van der Waals surface area (Å²) in [5.74, 6) is -0.0496. The molecule has 2 heteroatoms. The Morgan fingerprint density at radius 1 is 0.708 bits per heavy atom. The number of ether oxygens (including phenoxy) is 1. The van der Waals surface area contributed by atoms with Crippen LogP contribution in [0.2, 0.25) is 0 Å². The van der Waals surface area contributed by atoms with Gasteiger partial charge in [-0.2, -0.15) is 0 Å². The third kappa shape index (κ3) is 4.11. The van der Waals surface area contributed by atoms with E-state index in [9.17, 15) is 4.79 Å². The maximum absolute atomic E-state index is 12.1. The highest BCUT2D eigenvalue weighted by atomic mass is 16.5. The molecule has 3 rings (SSSR count). The van der Waals surface area contributed by atoms with Crippen molar-refractivity contribution < 1.29 is 9.53 Å². The van der Waals surface area contributed by atoms with Gasteiger partial charge in [-0.15, -0.1) is 0 Å². The molecule has 0 saturated carbocycles. The van der Waals surface area contributed by atoms with Gasteiger partial charge in [0.2, 0.25) is 0 Å². The number of benzene rings is 3. The van der Waals surface area contributed by atoms with Crippen LogP contribution in [0.25, 0.3) is 0 Å². The molecular weight excluding hydrogens is 296 g/mol. The summed E-state index contributed by atoms with van der Waals surface area (Å²) in [4.78, 5) is 12.1. The van der Waals surface area contributed by atoms with E-state index in [1.54, 1.807) is 12.1 Å². The summed E-state index contributed by atoms with van der Waals surface area (Å²) in [5.41, 5.74) is 3.06. The normalized spacial score (nSPS) is 10.5. The Kier molecular flexibility index (Phi) is 5.41. The average Bonchev–Trinajstić information content (AvgIpc) is 2.67. The molecule has 3 aromatic carbocycles. The molecule has 0 radical (unpaired) electrons. The van der Waals surface area contributed by atoms with E-state index >= 15 is 0 Å². The molecule has 0 aromatic heterocycles. The molecule has 0 saturated heterocycles. The minimum Gasteiger partial charge on any atom is -0.462 e. The maximum Gasteiger partial charge on any atom is 0.338 e. The Bertz CT molecular complexity index is 712. The van der Waals surface area contributed by atoms with Crippen molar-refractivity contribution in [3.63, 3.8) is 0 Å². The highest BCUT2D eigenvalue weighted by Crippen LogP contribution is 2.27.